The van der Waals surface area contributed by atoms with E-state index in [0.29, 0.717) is 45.1 Å². The minimum atomic E-state index is -0.881. The minimum absolute atomic E-state index is 0.323. The molecule has 5 aromatic heterocycles. The summed E-state index contributed by atoms with van der Waals surface area (Å²) in [5, 5.41) is 21.1. The molecule has 0 radical (unpaired) electrons. The number of anilines is 1. The Hall–Kier alpha value is -5.48. The second kappa shape index (κ2) is 9.68. The molecule has 40 heavy (non-hydrogen) atoms. The summed E-state index contributed by atoms with van der Waals surface area (Å²) in [7, 11) is 0. The summed E-state index contributed by atoms with van der Waals surface area (Å²) in [6.07, 6.45) is 4.14. The molecule has 0 amide bonds. The number of benzene rings is 2. The van der Waals surface area contributed by atoms with Gasteiger partial charge in [-0.3, -0.25) is 10.1 Å². The van der Waals surface area contributed by atoms with Crippen molar-refractivity contribution in [2.45, 2.75) is 6.23 Å². The van der Waals surface area contributed by atoms with Crippen LogP contribution in [0.25, 0.3) is 56.1 Å². The number of H-pyrrole nitrogens is 2. The topological polar surface area (TPSA) is 128 Å². The molecule has 0 saturated heterocycles. The minimum Gasteiger partial charge on any atom is -0.369 e. The number of aliphatic hydroxyl groups excluding tert-OH is 1. The van der Waals surface area contributed by atoms with Crippen LogP contribution in [0.4, 0.5) is 10.1 Å². The van der Waals surface area contributed by atoms with Gasteiger partial charge < -0.3 is 15.4 Å². The van der Waals surface area contributed by atoms with E-state index in [-0.39, 0.29) is 5.82 Å². The zero-order chi connectivity index (χ0) is 27.1. The Balaban J connectivity index is 1.25. The zero-order valence-corrected chi connectivity index (χ0v) is 20.9. The summed E-state index contributed by atoms with van der Waals surface area (Å²) in [5.41, 5.74) is 7.35. The van der Waals surface area contributed by atoms with Crippen LogP contribution in [-0.2, 0) is 0 Å². The van der Waals surface area contributed by atoms with E-state index in [1.54, 1.807) is 24.7 Å². The Morgan fingerprint density at radius 1 is 0.850 bits per heavy atom. The number of hydrogen-bond donors (Lipinski definition) is 4. The van der Waals surface area contributed by atoms with Crippen LogP contribution >= 0.6 is 0 Å². The van der Waals surface area contributed by atoms with E-state index in [9.17, 15) is 9.50 Å². The third kappa shape index (κ3) is 4.32. The first-order chi connectivity index (χ1) is 19.6. The van der Waals surface area contributed by atoms with Crippen LogP contribution in [0.5, 0.6) is 0 Å². The van der Waals surface area contributed by atoms with Gasteiger partial charge in [0.1, 0.15) is 16.9 Å². The molecule has 0 spiro atoms. The smallest absolute Gasteiger partial charge is 0.162 e. The highest BCUT2D eigenvalue weighted by molar-refractivity contribution is 5.95. The molecule has 0 bridgehead atoms. The van der Waals surface area contributed by atoms with Crippen LogP contribution in [0.15, 0.2) is 97.5 Å². The Morgan fingerprint density at radius 3 is 2.62 bits per heavy atom. The standard InChI is InChI=1S/C30H21FN8O/c31-20-8-4-7-18(13-20)22-11-12-33-28-25(22)36-29(37-28)27-26-24(38-39-27)10-9-23(35-26)19-14-21(16-32-15-19)34-30(40)17-5-2-1-3-6-17/h1-16,30,34,40H,(H,38,39)(H,33,36,37). The maximum absolute atomic E-state index is 13.9. The fraction of sp³-hybridized carbons (Fsp3) is 0.0333. The Kier molecular flexibility index (Phi) is 5.72. The van der Waals surface area contributed by atoms with Crippen molar-refractivity contribution in [3.05, 3.63) is 109 Å². The number of rotatable bonds is 6. The molecular weight excluding hydrogens is 507 g/mol. The van der Waals surface area contributed by atoms with Gasteiger partial charge in [-0.1, -0.05) is 42.5 Å². The first-order valence-electron chi connectivity index (χ1n) is 12.5. The highest BCUT2D eigenvalue weighted by Gasteiger charge is 2.18. The molecule has 7 rings (SSSR count). The molecule has 10 heteroatoms. The summed E-state index contributed by atoms with van der Waals surface area (Å²) in [6, 6.07) is 23.2. The van der Waals surface area contributed by atoms with Crippen LogP contribution in [0, 0.1) is 5.82 Å². The maximum atomic E-state index is 13.9. The first-order valence-corrected chi connectivity index (χ1v) is 12.5. The lowest BCUT2D eigenvalue weighted by molar-refractivity contribution is 0.208. The molecule has 5 heterocycles. The van der Waals surface area contributed by atoms with Crippen molar-refractivity contribution in [3.8, 4) is 33.9 Å². The fourth-order valence-electron chi connectivity index (χ4n) is 4.67. The number of aliphatic hydroxyl groups is 1. The van der Waals surface area contributed by atoms with E-state index in [1.807, 2.05) is 60.7 Å². The Bertz CT molecular complexity index is 1990. The number of halogens is 1. The zero-order valence-electron chi connectivity index (χ0n) is 20.9. The maximum Gasteiger partial charge on any atom is 0.162 e. The normalized spacial score (nSPS) is 12.2. The van der Waals surface area contributed by atoms with Crippen LogP contribution in [0.3, 0.4) is 0 Å². The number of aromatic amines is 2. The van der Waals surface area contributed by atoms with E-state index in [2.05, 4.69) is 30.5 Å². The van der Waals surface area contributed by atoms with Crippen molar-refractivity contribution in [1.29, 1.82) is 0 Å². The number of aromatic nitrogens is 7. The lowest BCUT2D eigenvalue weighted by atomic mass is 10.1. The number of imidazole rings is 1. The molecule has 9 nitrogen and oxygen atoms in total. The second-order valence-corrected chi connectivity index (χ2v) is 9.24. The quantitative estimate of drug-likeness (QED) is 0.199. The highest BCUT2D eigenvalue weighted by atomic mass is 19.1. The van der Waals surface area contributed by atoms with Crippen LogP contribution in [0.2, 0.25) is 0 Å². The number of nitrogens with zero attached hydrogens (tertiary/aromatic N) is 5. The molecule has 7 aromatic rings. The number of hydrogen-bond acceptors (Lipinski definition) is 7. The molecule has 1 atom stereocenters. The number of nitrogens with one attached hydrogen (secondary N) is 3. The summed E-state index contributed by atoms with van der Waals surface area (Å²) < 4.78 is 13.9. The van der Waals surface area contributed by atoms with Crippen molar-refractivity contribution in [2.75, 3.05) is 5.32 Å². The average Bonchev–Trinajstić information content (AvgIpc) is 3.61. The van der Waals surface area contributed by atoms with Gasteiger partial charge in [0, 0.05) is 29.1 Å². The molecule has 0 saturated carbocycles. The van der Waals surface area contributed by atoms with Crippen molar-refractivity contribution in [1.82, 2.24) is 35.1 Å². The number of pyridine rings is 3. The molecule has 0 fully saturated rings. The summed E-state index contributed by atoms with van der Waals surface area (Å²) in [6.45, 7) is 0. The molecule has 2 aromatic carbocycles. The molecule has 0 aliphatic rings. The van der Waals surface area contributed by atoms with Crippen LogP contribution in [-0.4, -0.2) is 40.2 Å². The predicted octanol–water partition coefficient (Wildman–Crippen LogP) is 5.87. The molecule has 0 aliphatic carbocycles. The van der Waals surface area contributed by atoms with Crippen LogP contribution < -0.4 is 5.32 Å². The number of fused-ring (bicyclic) bond motifs is 2. The van der Waals surface area contributed by atoms with Crippen LogP contribution in [0.1, 0.15) is 11.8 Å². The van der Waals surface area contributed by atoms with Crippen molar-refractivity contribution in [3.63, 3.8) is 0 Å². The lowest BCUT2D eigenvalue weighted by Crippen LogP contribution is -2.09. The van der Waals surface area contributed by atoms with Gasteiger partial charge in [-0.15, -0.1) is 0 Å². The monoisotopic (exact) mass is 528 g/mol. The third-order valence-corrected chi connectivity index (χ3v) is 6.61. The van der Waals surface area contributed by atoms with Crippen molar-refractivity contribution >= 4 is 27.9 Å². The second-order valence-electron chi connectivity index (χ2n) is 9.24. The molecule has 1 unspecified atom stereocenters. The van der Waals surface area contributed by atoms with E-state index in [0.717, 1.165) is 22.2 Å². The highest BCUT2D eigenvalue weighted by Crippen LogP contribution is 2.31. The van der Waals surface area contributed by atoms with Crippen molar-refractivity contribution in [2.24, 2.45) is 0 Å². The van der Waals surface area contributed by atoms with Gasteiger partial charge in [0.2, 0.25) is 0 Å². The first kappa shape index (κ1) is 23.6. The lowest BCUT2D eigenvalue weighted by Gasteiger charge is -2.14. The molecular formula is C30H21FN8O. The van der Waals surface area contributed by atoms with Gasteiger partial charge in [-0.05, 0) is 42.0 Å². The predicted molar refractivity (Wildman–Crippen MR) is 150 cm³/mol. The molecule has 0 aliphatic heterocycles. The molecule has 4 N–H and O–H groups in total. The Morgan fingerprint density at radius 2 is 1.75 bits per heavy atom. The van der Waals surface area contributed by atoms with E-state index < -0.39 is 6.23 Å². The fourth-order valence-corrected chi connectivity index (χ4v) is 4.67. The van der Waals surface area contributed by atoms with Gasteiger partial charge in [-0.25, -0.2) is 19.3 Å². The van der Waals surface area contributed by atoms with Gasteiger partial charge in [0.05, 0.1) is 23.1 Å². The largest absolute Gasteiger partial charge is 0.369 e. The summed E-state index contributed by atoms with van der Waals surface area (Å²) in [4.78, 5) is 21.6. The SMILES string of the molecule is OC(Nc1cncc(-c2ccc3[nH]nc(-c4nc5c(-c6cccc(F)c6)ccnc5[nH]4)c3n2)c1)c1ccccc1. The van der Waals surface area contributed by atoms with Gasteiger partial charge in [0.15, 0.2) is 23.4 Å². The molecule has 194 valence electrons. The van der Waals surface area contributed by atoms with Gasteiger partial charge >= 0.3 is 0 Å². The van der Waals surface area contributed by atoms with Gasteiger partial charge in [0.25, 0.3) is 0 Å². The van der Waals surface area contributed by atoms with E-state index >= 15 is 0 Å². The van der Waals surface area contributed by atoms with E-state index in [4.69, 9.17) is 9.97 Å². The summed E-state index contributed by atoms with van der Waals surface area (Å²) >= 11 is 0. The average molecular weight is 529 g/mol. The van der Waals surface area contributed by atoms with E-state index in [1.165, 1.54) is 12.1 Å². The van der Waals surface area contributed by atoms with Gasteiger partial charge in [-0.2, -0.15) is 5.10 Å². The summed E-state index contributed by atoms with van der Waals surface area (Å²) in [5.74, 6) is 0.165. The Labute approximate surface area is 226 Å². The van der Waals surface area contributed by atoms with Crippen molar-refractivity contribution < 1.29 is 9.50 Å². The third-order valence-electron chi connectivity index (χ3n) is 6.61.